The first-order chi connectivity index (χ1) is 10.6. The maximum atomic E-state index is 12.3. The number of carboxylic acid groups (broad SMARTS) is 1. The molecule has 1 amide bonds. The maximum absolute atomic E-state index is 12.3. The number of carboxylic acids is 1. The van der Waals surface area contributed by atoms with Gasteiger partial charge in [-0.3, -0.25) is 9.59 Å². The van der Waals surface area contributed by atoms with E-state index in [2.05, 4.69) is 6.92 Å². The average molecular weight is 307 g/mol. The zero-order valence-corrected chi connectivity index (χ0v) is 13.4. The first kappa shape index (κ1) is 18.0. The third-order valence-electron chi connectivity index (χ3n) is 3.38. The molecular formula is C17H25NO4. The Balaban J connectivity index is 2.56. The molecule has 0 aliphatic heterocycles. The van der Waals surface area contributed by atoms with Crippen molar-refractivity contribution in [1.29, 1.82) is 0 Å². The molecule has 0 aromatic heterocycles. The van der Waals surface area contributed by atoms with Crippen LogP contribution in [0.2, 0.25) is 0 Å². The van der Waals surface area contributed by atoms with Gasteiger partial charge >= 0.3 is 5.97 Å². The first-order valence-electron chi connectivity index (χ1n) is 7.82. The molecule has 0 aliphatic carbocycles. The van der Waals surface area contributed by atoms with Gasteiger partial charge in [-0.1, -0.05) is 19.8 Å². The second-order valence-electron chi connectivity index (χ2n) is 5.11. The molecule has 5 nitrogen and oxygen atoms in total. The Morgan fingerprint density at radius 2 is 1.82 bits per heavy atom. The number of nitrogens with zero attached hydrogens (tertiary/aromatic N) is 1. The van der Waals surface area contributed by atoms with Gasteiger partial charge in [0.15, 0.2) is 0 Å². The molecular weight excluding hydrogens is 282 g/mol. The van der Waals surface area contributed by atoms with Crippen LogP contribution in [0.15, 0.2) is 24.3 Å². The Bertz CT molecular complexity index is 470. The lowest BCUT2D eigenvalue weighted by atomic mass is 10.2. The largest absolute Gasteiger partial charge is 0.494 e. The fraction of sp³-hybridized carbons (Fsp3) is 0.529. The summed E-state index contributed by atoms with van der Waals surface area (Å²) in [6, 6.07) is 7.01. The highest BCUT2D eigenvalue weighted by Crippen LogP contribution is 2.14. The minimum absolute atomic E-state index is 0.0434. The number of carbonyl (C=O) groups is 2. The number of hydrogen-bond acceptors (Lipinski definition) is 3. The highest BCUT2D eigenvalue weighted by molar-refractivity contribution is 5.94. The topological polar surface area (TPSA) is 66.8 Å². The smallest absolute Gasteiger partial charge is 0.305 e. The molecule has 1 aromatic rings. The summed E-state index contributed by atoms with van der Waals surface area (Å²) in [5.74, 6) is -0.301. The summed E-state index contributed by atoms with van der Waals surface area (Å²) in [7, 11) is 0. The van der Waals surface area contributed by atoms with Crippen LogP contribution in [0.25, 0.3) is 0 Å². The van der Waals surface area contributed by atoms with Crippen LogP contribution in [-0.2, 0) is 4.79 Å². The van der Waals surface area contributed by atoms with Crippen LogP contribution >= 0.6 is 0 Å². The molecule has 0 spiro atoms. The van der Waals surface area contributed by atoms with Gasteiger partial charge in [-0.2, -0.15) is 0 Å². The Morgan fingerprint density at radius 3 is 2.36 bits per heavy atom. The Morgan fingerprint density at radius 1 is 1.14 bits per heavy atom. The number of unbranched alkanes of at least 4 members (excludes halogenated alkanes) is 2. The van der Waals surface area contributed by atoms with Crippen molar-refractivity contribution in [3.8, 4) is 5.75 Å². The highest BCUT2D eigenvalue weighted by atomic mass is 16.5. The van der Waals surface area contributed by atoms with Crippen LogP contribution in [0.3, 0.4) is 0 Å². The monoisotopic (exact) mass is 307 g/mol. The van der Waals surface area contributed by atoms with Gasteiger partial charge in [-0.05, 0) is 37.6 Å². The number of rotatable bonds is 10. The number of aliphatic carboxylic acids is 1. The van der Waals surface area contributed by atoms with Crippen molar-refractivity contribution in [1.82, 2.24) is 4.90 Å². The zero-order chi connectivity index (χ0) is 16.4. The third-order valence-corrected chi connectivity index (χ3v) is 3.38. The van der Waals surface area contributed by atoms with E-state index in [1.54, 1.807) is 24.3 Å². The van der Waals surface area contributed by atoms with Crippen molar-refractivity contribution < 1.29 is 19.4 Å². The van der Waals surface area contributed by atoms with Gasteiger partial charge in [-0.25, -0.2) is 0 Å². The molecule has 0 aliphatic rings. The van der Waals surface area contributed by atoms with Crippen molar-refractivity contribution in [2.45, 2.75) is 39.5 Å². The van der Waals surface area contributed by atoms with Gasteiger partial charge in [0, 0.05) is 18.7 Å². The van der Waals surface area contributed by atoms with Crippen molar-refractivity contribution in [3.63, 3.8) is 0 Å². The lowest BCUT2D eigenvalue weighted by molar-refractivity contribution is -0.137. The summed E-state index contributed by atoms with van der Waals surface area (Å²) in [4.78, 5) is 24.4. The van der Waals surface area contributed by atoms with Crippen molar-refractivity contribution in [2.75, 3.05) is 19.7 Å². The molecule has 0 saturated heterocycles. The Hall–Kier alpha value is -2.04. The van der Waals surface area contributed by atoms with E-state index in [1.807, 2.05) is 6.92 Å². The number of amides is 1. The predicted molar refractivity (Wildman–Crippen MR) is 85.3 cm³/mol. The minimum Gasteiger partial charge on any atom is -0.494 e. The summed E-state index contributed by atoms with van der Waals surface area (Å²) in [5, 5.41) is 8.71. The van der Waals surface area contributed by atoms with Crippen molar-refractivity contribution in [3.05, 3.63) is 29.8 Å². The van der Waals surface area contributed by atoms with Crippen LogP contribution < -0.4 is 4.74 Å². The average Bonchev–Trinajstić information content (AvgIpc) is 2.52. The lowest BCUT2D eigenvalue weighted by Crippen LogP contribution is -2.32. The van der Waals surface area contributed by atoms with E-state index in [4.69, 9.17) is 9.84 Å². The molecule has 0 unspecified atom stereocenters. The zero-order valence-electron chi connectivity index (χ0n) is 13.4. The molecule has 0 heterocycles. The molecule has 22 heavy (non-hydrogen) atoms. The van der Waals surface area contributed by atoms with Crippen molar-refractivity contribution >= 4 is 11.9 Å². The summed E-state index contributed by atoms with van der Waals surface area (Å²) in [6.45, 7) is 5.37. The molecule has 0 bridgehead atoms. The molecule has 0 fully saturated rings. The van der Waals surface area contributed by atoms with Crippen LogP contribution in [0.4, 0.5) is 0 Å². The van der Waals surface area contributed by atoms with E-state index in [0.717, 1.165) is 25.0 Å². The van der Waals surface area contributed by atoms with Gasteiger partial charge in [0.1, 0.15) is 5.75 Å². The number of carbonyl (C=O) groups excluding carboxylic acids is 1. The van der Waals surface area contributed by atoms with E-state index in [1.165, 1.54) is 4.90 Å². The highest BCUT2D eigenvalue weighted by Gasteiger charge is 2.15. The van der Waals surface area contributed by atoms with E-state index in [-0.39, 0.29) is 18.9 Å². The predicted octanol–water partition coefficient (Wildman–Crippen LogP) is 3.19. The van der Waals surface area contributed by atoms with E-state index >= 15 is 0 Å². The van der Waals surface area contributed by atoms with Crippen molar-refractivity contribution in [2.24, 2.45) is 0 Å². The van der Waals surface area contributed by atoms with E-state index in [9.17, 15) is 9.59 Å². The number of ether oxygens (including phenoxy) is 1. The number of hydrogen-bond donors (Lipinski definition) is 1. The second-order valence-corrected chi connectivity index (χ2v) is 5.11. The molecule has 122 valence electrons. The van der Waals surface area contributed by atoms with Crippen LogP contribution in [0.5, 0.6) is 5.75 Å². The van der Waals surface area contributed by atoms with Crippen LogP contribution in [0.1, 0.15) is 49.9 Å². The summed E-state index contributed by atoms with van der Waals surface area (Å²) >= 11 is 0. The van der Waals surface area contributed by atoms with Crippen LogP contribution in [0, 0.1) is 0 Å². The van der Waals surface area contributed by atoms with E-state index < -0.39 is 5.97 Å². The molecule has 1 aromatic carbocycles. The fourth-order valence-electron chi connectivity index (χ4n) is 2.05. The minimum atomic E-state index is -0.901. The summed E-state index contributed by atoms with van der Waals surface area (Å²) in [5.41, 5.74) is 0.549. The van der Waals surface area contributed by atoms with Gasteiger partial charge in [0.25, 0.3) is 5.91 Å². The van der Waals surface area contributed by atoms with Gasteiger partial charge < -0.3 is 14.7 Å². The molecule has 0 atom stereocenters. The summed E-state index contributed by atoms with van der Waals surface area (Å²) < 4.78 is 5.61. The molecule has 0 saturated carbocycles. The normalized spacial score (nSPS) is 10.3. The van der Waals surface area contributed by atoms with Crippen LogP contribution in [-0.4, -0.2) is 41.6 Å². The molecule has 5 heteroatoms. The standard InChI is InChI=1S/C17H25NO4/c1-3-5-6-13-22-15-9-7-14(8-10-15)17(21)18(4-2)12-11-16(19)20/h7-10H,3-6,11-13H2,1-2H3,(H,19,20). The Labute approximate surface area is 131 Å². The van der Waals surface area contributed by atoms with Gasteiger partial charge in [-0.15, -0.1) is 0 Å². The van der Waals surface area contributed by atoms with E-state index in [0.29, 0.717) is 18.7 Å². The third kappa shape index (κ3) is 6.16. The molecule has 0 radical (unpaired) electrons. The Kier molecular flexibility index (Phi) is 8.04. The fourth-order valence-corrected chi connectivity index (χ4v) is 2.05. The first-order valence-corrected chi connectivity index (χ1v) is 7.82. The quantitative estimate of drug-likeness (QED) is 0.674. The maximum Gasteiger partial charge on any atom is 0.305 e. The summed E-state index contributed by atoms with van der Waals surface area (Å²) in [6.07, 6.45) is 3.28. The van der Waals surface area contributed by atoms with Gasteiger partial charge in [0.05, 0.1) is 13.0 Å². The number of benzene rings is 1. The SMILES string of the molecule is CCCCCOc1ccc(C(=O)N(CC)CCC(=O)O)cc1. The molecule has 1 N–H and O–H groups in total. The van der Waals surface area contributed by atoms with Gasteiger partial charge in [0.2, 0.25) is 0 Å². The second kappa shape index (κ2) is 9.82. The lowest BCUT2D eigenvalue weighted by Gasteiger charge is -2.20. The molecule has 1 rings (SSSR count).